The van der Waals surface area contributed by atoms with Gasteiger partial charge >= 0.3 is 6.09 Å². The van der Waals surface area contributed by atoms with Gasteiger partial charge in [0.25, 0.3) is 5.88 Å². The zero-order valence-electron chi connectivity index (χ0n) is 20.2. The molecule has 0 N–H and O–H groups in total. The maximum absolute atomic E-state index is 14.9. The second kappa shape index (κ2) is 9.56. The van der Waals surface area contributed by atoms with Crippen LogP contribution in [0.5, 0.6) is 5.88 Å². The monoisotopic (exact) mass is 487 g/mol. The molecule has 2 aromatic rings. The molecule has 1 atom stereocenters. The number of amides is 1. The van der Waals surface area contributed by atoms with Crippen LogP contribution in [0.3, 0.4) is 0 Å². The number of anilines is 1. The summed E-state index contributed by atoms with van der Waals surface area (Å²) in [5.74, 6) is -1.18. The van der Waals surface area contributed by atoms with Crippen molar-refractivity contribution in [2.24, 2.45) is 5.41 Å². The van der Waals surface area contributed by atoms with E-state index in [4.69, 9.17) is 9.47 Å². The number of likely N-dealkylation sites (tertiary alicyclic amines) is 1. The van der Waals surface area contributed by atoms with Gasteiger partial charge in [-0.2, -0.15) is 0 Å². The summed E-state index contributed by atoms with van der Waals surface area (Å²) in [6.07, 6.45) is 5.68. The van der Waals surface area contributed by atoms with Gasteiger partial charge in [-0.15, -0.1) is 0 Å². The van der Waals surface area contributed by atoms with E-state index in [1.54, 1.807) is 4.90 Å². The lowest BCUT2D eigenvalue weighted by molar-refractivity contribution is -0.00294. The fraction of sp³-hybridized carbons (Fsp3) is 0.560. The van der Waals surface area contributed by atoms with Crippen LogP contribution < -0.4 is 9.64 Å². The number of rotatable bonds is 5. The first-order valence-electron chi connectivity index (χ1n) is 12.2. The molecule has 3 aliphatic rings. The topological polar surface area (TPSA) is 71.0 Å². The van der Waals surface area contributed by atoms with Crippen molar-refractivity contribution in [2.45, 2.75) is 32.2 Å². The van der Waals surface area contributed by atoms with Crippen molar-refractivity contribution in [1.29, 1.82) is 0 Å². The number of aromatic nitrogens is 2. The standard InChI is InChI=1S/C25H31F2N5O3/c1-3-35-24(33)32-15-25(16-32)6-4-18(13-25)30-8-10-31(11-9-30)20-12-17(26)14-29-22(20)19-5-7-28-23(34-2)21(19)27/h5,7,12,14,18H,3-4,6,8-11,13,15-16H2,1-2H3/t18-/m1/s1. The maximum atomic E-state index is 14.9. The second-order valence-electron chi connectivity index (χ2n) is 9.68. The highest BCUT2D eigenvalue weighted by Gasteiger charge is 2.51. The number of methoxy groups -OCH3 is 1. The Labute approximate surface area is 203 Å². The molecule has 2 aliphatic heterocycles. The molecule has 5 rings (SSSR count). The minimum atomic E-state index is -0.609. The van der Waals surface area contributed by atoms with Gasteiger partial charge < -0.3 is 19.3 Å². The molecule has 0 aromatic carbocycles. The summed E-state index contributed by atoms with van der Waals surface area (Å²) in [5.41, 5.74) is 1.41. The van der Waals surface area contributed by atoms with Gasteiger partial charge in [0.2, 0.25) is 0 Å². The van der Waals surface area contributed by atoms with Gasteiger partial charge in [-0.05, 0) is 32.3 Å². The van der Waals surface area contributed by atoms with Crippen LogP contribution in [0.15, 0.2) is 24.5 Å². The van der Waals surface area contributed by atoms with Crippen molar-refractivity contribution < 1.29 is 23.0 Å². The average molecular weight is 488 g/mol. The van der Waals surface area contributed by atoms with E-state index in [-0.39, 0.29) is 23.0 Å². The molecular weight excluding hydrogens is 456 g/mol. The fourth-order valence-electron chi connectivity index (χ4n) is 5.84. The number of halogens is 2. The predicted octanol–water partition coefficient (Wildman–Crippen LogP) is 3.56. The largest absolute Gasteiger partial charge is 0.479 e. The van der Waals surface area contributed by atoms with Gasteiger partial charge in [0.05, 0.1) is 31.3 Å². The first kappa shape index (κ1) is 23.7. The molecule has 1 aliphatic carbocycles. The third kappa shape index (κ3) is 4.51. The smallest absolute Gasteiger partial charge is 0.409 e. The van der Waals surface area contributed by atoms with Crippen molar-refractivity contribution in [2.75, 3.05) is 57.9 Å². The lowest BCUT2D eigenvalue weighted by Gasteiger charge is -2.48. The zero-order chi connectivity index (χ0) is 24.6. The predicted molar refractivity (Wildman–Crippen MR) is 126 cm³/mol. The van der Waals surface area contributed by atoms with Crippen LogP contribution in [-0.4, -0.2) is 84.9 Å². The van der Waals surface area contributed by atoms with Crippen molar-refractivity contribution in [3.8, 4) is 17.1 Å². The van der Waals surface area contributed by atoms with Gasteiger partial charge in [-0.1, -0.05) is 0 Å². The summed E-state index contributed by atoms with van der Waals surface area (Å²) in [4.78, 5) is 26.5. The number of hydrogen-bond acceptors (Lipinski definition) is 7. The van der Waals surface area contributed by atoms with Crippen LogP contribution in [0, 0.1) is 17.0 Å². The Morgan fingerprint density at radius 1 is 1.20 bits per heavy atom. The minimum absolute atomic E-state index is 0.114. The highest BCUT2D eigenvalue weighted by atomic mass is 19.1. The van der Waals surface area contributed by atoms with Crippen LogP contribution >= 0.6 is 0 Å². The third-order valence-corrected chi connectivity index (χ3v) is 7.57. The lowest BCUT2D eigenvalue weighted by atomic mass is 9.78. The van der Waals surface area contributed by atoms with Gasteiger partial charge in [0.1, 0.15) is 5.82 Å². The van der Waals surface area contributed by atoms with Gasteiger partial charge in [-0.25, -0.2) is 18.6 Å². The molecule has 3 fully saturated rings. The van der Waals surface area contributed by atoms with Gasteiger partial charge in [0.15, 0.2) is 5.82 Å². The van der Waals surface area contributed by atoms with Crippen molar-refractivity contribution in [3.05, 3.63) is 36.2 Å². The number of nitrogens with zero attached hydrogens (tertiary/aromatic N) is 5. The first-order valence-corrected chi connectivity index (χ1v) is 12.2. The summed E-state index contributed by atoms with van der Waals surface area (Å²) >= 11 is 0. The number of carbonyl (C=O) groups excluding carboxylic acids is 1. The lowest BCUT2D eigenvalue weighted by Crippen LogP contribution is -2.58. The molecule has 0 radical (unpaired) electrons. The molecule has 2 saturated heterocycles. The van der Waals surface area contributed by atoms with E-state index >= 15 is 0 Å². The van der Waals surface area contributed by atoms with Gasteiger partial charge in [0, 0.05) is 68.6 Å². The number of ether oxygens (including phenoxy) is 2. The Balaban J connectivity index is 1.24. The molecule has 4 heterocycles. The fourth-order valence-corrected chi connectivity index (χ4v) is 5.84. The quantitative estimate of drug-likeness (QED) is 0.639. The normalized spacial score (nSPS) is 21.8. The second-order valence-corrected chi connectivity index (χ2v) is 9.68. The van der Waals surface area contributed by atoms with Crippen LogP contribution in [0.1, 0.15) is 26.2 Å². The van der Waals surface area contributed by atoms with Gasteiger partial charge in [-0.3, -0.25) is 9.88 Å². The molecular formula is C25H31F2N5O3. The average Bonchev–Trinajstić information content (AvgIpc) is 3.30. The van der Waals surface area contributed by atoms with E-state index in [0.29, 0.717) is 37.1 Å². The summed E-state index contributed by atoms with van der Waals surface area (Å²) in [6, 6.07) is 3.44. The molecule has 1 amide bonds. The Morgan fingerprint density at radius 3 is 2.69 bits per heavy atom. The van der Waals surface area contributed by atoms with Crippen molar-refractivity contribution in [3.63, 3.8) is 0 Å². The molecule has 188 valence electrons. The van der Waals surface area contributed by atoms with Crippen LogP contribution in [0.4, 0.5) is 19.3 Å². The van der Waals surface area contributed by atoms with E-state index in [1.165, 1.54) is 25.4 Å². The summed E-state index contributed by atoms with van der Waals surface area (Å²) in [5, 5.41) is 0. The number of piperazine rings is 1. The number of pyridine rings is 2. The van der Waals surface area contributed by atoms with E-state index in [9.17, 15) is 13.6 Å². The van der Waals surface area contributed by atoms with E-state index in [1.807, 2.05) is 6.92 Å². The summed E-state index contributed by atoms with van der Waals surface area (Å²) in [6.45, 7) is 6.84. The Morgan fingerprint density at radius 2 is 1.97 bits per heavy atom. The first-order chi connectivity index (χ1) is 16.9. The Hall–Kier alpha value is -3.01. The van der Waals surface area contributed by atoms with Crippen molar-refractivity contribution >= 4 is 11.8 Å². The highest BCUT2D eigenvalue weighted by molar-refractivity contribution is 5.76. The molecule has 0 bridgehead atoms. The van der Waals surface area contributed by atoms with Crippen LogP contribution in [0.2, 0.25) is 0 Å². The van der Waals surface area contributed by atoms with Crippen LogP contribution in [0.25, 0.3) is 11.3 Å². The highest BCUT2D eigenvalue weighted by Crippen LogP contribution is 2.47. The summed E-state index contributed by atoms with van der Waals surface area (Å²) in [7, 11) is 1.36. The number of carbonyl (C=O) groups is 1. The van der Waals surface area contributed by atoms with E-state index < -0.39 is 11.6 Å². The van der Waals surface area contributed by atoms with Crippen molar-refractivity contribution in [1.82, 2.24) is 19.8 Å². The Bertz CT molecular complexity index is 1090. The third-order valence-electron chi connectivity index (χ3n) is 7.57. The minimum Gasteiger partial charge on any atom is -0.479 e. The molecule has 1 saturated carbocycles. The molecule has 10 heteroatoms. The summed E-state index contributed by atoms with van der Waals surface area (Å²) < 4.78 is 39.2. The maximum Gasteiger partial charge on any atom is 0.409 e. The molecule has 0 unspecified atom stereocenters. The van der Waals surface area contributed by atoms with E-state index in [2.05, 4.69) is 19.8 Å². The molecule has 8 nitrogen and oxygen atoms in total. The van der Waals surface area contributed by atoms with E-state index in [0.717, 1.165) is 51.6 Å². The molecule has 2 aromatic heterocycles. The SMILES string of the molecule is CCOC(=O)N1CC2(CC[C@@H](N3CCN(c4cc(F)cnc4-c4ccnc(OC)c4F)CC3)C2)C1. The number of hydrogen-bond donors (Lipinski definition) is 0. The molecule has 35 heavy (non-hydrogen) atoms. The Kier molecular flexibility index (Phi) is 6.48. The zero-order valence-corrected chi connectivity index (χ0v) is 20.2. The van der Waals surface area contributed by atoms with Crippen LogP contribution in [-0.2, 0) is 4.74 Å². The molecule has 1 spiro atoms.